The number of piperazine rings is 1. The Bertz CT molecular complexity index is 454. The highest BCUT2D eigenvalue weighted by molar-refractivity contribution is 9.10. The molecule has 3 nitrogen and oxygen atoms in total. The fourth-order valence-corrected chi connectivity index (χ4v) is 3.45. The smallest absolute Gasteiger partial charge is 0.133 e. The topological polar surface area (TPSA) is 15.7 Å². The average Bonchev–Trinajstić information content (AvgIpc) is 3.25. The molecule has 4 heteroatoms. The lowest BCUT2D eigenvalue weighted by Gasteiger charge is -2.34. The second kappa shape index (κ2) is 6.46. The zero-order chi connectivity index (χ0) is 13.9. The molecule has 20 heavy (non-hydrogen) atoms. The highest BCUT2D eigenvalue weighted by atomic mass is 79.9. The van der Waals surface area contributed by atoms with E-state index in [1.54, 1.807) is 7.11 Å². The van der Waals surface area contributed by atoms with Crippen LogP contribution >= 0.6 is 15.9 Å². The normalized spacial score (nSPS) is 21.1. The molecule has 1 saturated carbocycles. The Morgan fingerprint density at radius 3 is 2.45 bits per heavy atom. The van der Waals surface area contributed by atoms with Gasteiger partial charge in [-0.1, -0.05) is 6.07 Å². The van der Waals surface area contributed by atoms with Gasteiger partial charge in [0.1, 0.15) is 5.75 Å². The zero-order valence-electron chi connectivity index (χ0n) is 12.1. The summed E-state index contributed by atoms with van der Waals surface area (Å²) in [7, 11) is 1.71. The van der Waals surface area contributed by atoms with E-state index in [0.29, 0.717) is 0 Å². The number of benzene rings is 1. The zero-order valence-corrected chi connectivity index (χ0v) is 13.7. The lowest BCUT2D eigenvalue weighted by atomic mass is 10.2. The van der Waals surface area contributed by atoms with Gasteiger partial charge in [0, 0.05) is 39.3 Å². The predicted molar refractivity (Wildman–Crippen MR) is 85.1 cm³/mol. The molecule has 0 spiro atoms. The summed E-state index contributed by atoms with van der Waals surface area (Å²) in [6.45, 7) is 7.22. The van der Waals surface area contributed by atoms with Gasteiger partial charge in [-0.25, -0.2) is 0 Å². The second-order valence-corrected chi connectivity index (χ2v) is 6.84. The van der Waals surface area contributed by atoms with Crippen LogP contribution in [0.25, 0.3) is 0 Å². The SMILES string of the molecule is COc1ccc(CN2CCN(CC3CC3)CC2)cc1Br. The van der Waals surface area contributed by atoms with Crippen molar-refractivity contribution in [1.29, 1.82) is 0 Å². The largest absolute Gasteiger partial charge is 0.496 e. The van der Waals surface area contributed by atoms with Crippen LogP contribution in [0.5, 0.6) is 5.75 Å². The van der Waals surface area contributed by atoms with Crippen molar-refractivity contribution in [2.45, 2.75) is 19.4 Å². The third-order valence-electron chi connectivity index (χ3n) is 4.30. The van der Waals surface area contributed by atoms with E-state index >= 15 is 0 Å². The van der Waals surface area contributed by atoms with Crippen molar-refractivity contribution in [2.24, 2.45) is 5.92 Å². The Balaban J connectivity index is 1.49. The molecule has 1 heterocycles. The van der Waals surface area contributed by atoms with Gasteiger partial charge in [-0.05, 0) is 52.4 Å². The molecule has 0 N–H and O–H groups in total. The Hall–Kier alpha value is -0.580. The summed E-state index contributed by atoms with van der Waals surface area (Å²) in [6.07, 6.45) is 2.92. The van der Waals surface area contributed by atoms with Gasteiger partial charge < -0.3 is 9.64 Å². The van der Waals surface area contributed by atoms with E-state index < -0.39 is 0 Å². The average molecular weight is 339 g/mol. The van der Waals surface area contributed by atoms with E-state index in [4.69, 9.17) is 4.74 Å². The number of methoxy groups -OCH3 is 1. The van der Waals surface area contributed by atoms with Crippen molar-refractivity contribution in [2.75, 3.05) is 39.8 Å². The summed E-state index contributed by atoms with van der Waals surface area (Å²) in [4.78, 5) is 5.19. The minimum Gasteiger partial charge on any atom is -0.496 e. The predicted octanol–water partition coefficient (Wildman–Crippen LogP) is 2.99. The van der Waals surface area contributed by atoms with E-state index in [9.17, 15) is 0 Å². The Kier molecular flexibility index (Phi) is 4.64. The van der Waals surface area contributed by atoms with Crippen LogP contribution in [0, 0.1) is 5.92 Å². The van der Waals surface area contributed by atoms with E-state index in [-0.39, 0.29) is 0 Å². The molecule has 1 aliphatic carbocycles. The molecule has 3 rings (SSSR count). The summed E-state index contributed by atoms with van der Waals surface area (Å²) in [5.74, 6) is 1.92. The first-order chi connectivity index (χ1) is 9.74. The second-order valence-electron chi connectivity index (χ2n) is 5.99. The van der Waals surface area contributed by atoms with Crippen LogP contribution in [0.3, 0.4) is 0 Å². The van der Waals surface area contributed by atoms with Crippen molar-refractivity contribution in [3.8, 4) is 5.75 Å². The van der Waals surface area contributed by atoms with Crippen molar-refractivity contribution in [3.63, 3.8) is 0 Å². The molecular weight excluding hydrogens is 316 g/mol. The minimum atomic E-state index is 0.906. The van der Waals surface area contributed by atoms with E-state index in [0.717, 1.165) is 22.7 Å². The van der Waals surface area contributed by atoms with Crippen molar-refractivity contribution in [1.82, 2.24) is 9.80 Å². The lowest BCUT2D eigenvalue weighted by Crippen LogP contribution is -2.46. The lowest BCUT2D eigenvalue weighted by molar-refractivity contribution is 0.123. The van der Waals surface area contributed by atoms with Gasteiger partial charge in [0.15, 0.2) is 0 Å². The third kappa shape index (κ3) is 3.74. The van der Waals surface area contributed by atoms with Crippen molar-refractivity contribution < 1.29 is 4.74 Å². The molecule has 1 aliphatic heterocycles. The molecule has 0 amide bonds. The molecule has 1 aromatic rings. The molecule has 1 aromatic carbocycles. The van der Waals surface area contributed by atoms with Crippen molar-refractivity contribution in [3.05, 3.63) is 28.2 Å². The summed E-state index contributed by atoms with van der Waals surface area (Å²) in [5, 5.41) is 0. The van der Waals surface area contributed by atoms with Crippen LogP contribution < -0.4 is 4.74 Å². The van der Waals surface area contributed by atoms with Crippen LogP contribution in [-0.2, 0) is 6.54 Å². The number of rotatable bonds is 5. The molecule has 2 fully saturated rings. The summed E-state index contributed by atoms with van der Waals surface area (Å²) < 4.78 is 6.33. The van der Waals surface area contributed by atoms with E-state index in [1.807, 2.05) is 6.07 Å². The third-order valence-corrected chi connectivity index (χ3v) is 4.92. The molecule has 110 valence electrons. The van der Waals surface area contributed by atoms with Gasteiger partial charge in [0.05, 0.1) is 11.6 Å². The van der Waals surface area contributed by atoms with E-state index in [1.165, 1.54) is 51.1 Å². The number of nitrogens with zero attached hydrogens (tertiary/aromatic N) is 2. The fourth-order valence-electron chi connectivity index (χ4n) is 2.86. The number of hydrogen-bond donors (Lipinski definition) is 0. The van der Waals surface area contributed by atoms with Gasteiger partial charge in [0.25, 0.3) is 0 Å². The fraction of sp³-hybridized carbons (Fsp3) is 0.625. The van der Waals surface area contributed by atoms with Crippen LogP contribution in [-0.4, -0.2) is 49.6 Å². The first-order valence-corrected chi connectivity index (χ1v) is 8.31. The monoisotopic (exact) mass is 338 g/mol. The quantitative estimate of drug-likeness (QED) is 0.820. The summed E-state index contributed by atoms with van der Waals surface area (Å²) in [5.41, 5.74) is 1.35. The molecule has 0 aromatic heterocycles. The molecule has 0 bridgehead atoms. The van der Waals surface area contributed by atoms with Gasteiger partial charge in [0.2, 0.25) is 0 Å². The van der Waals surface area contributed by atoms with Gasteiger partial charge in [-0.2, -0.15) is 0 Å². The molecule has 0 atom stereocenters. The Morgan fingerprint density at radius 2 is 1.85 bits per heavy atom. The maximum absolute atomic E-state index is 5.28. The number of hydrogen-bond acceptors (Lipinski definition) is 3. The maximum atomic E-state index is 5.28. The molecule has 2 aliphatic rings. The van der Waals surface area contributed by atoms with Crippen LogP contribution in [0.2, 0.25) is 0 Å². The van der Waals surface area contributed by atoms with Crippen molar-refractivity contribution >= 4 is 15.9 Å². The Labute approximate surface area is 130 Å². The first kappa shape index (κ1) is 14.4. The highest BCUT2D eigenvalue weighted by Crippen LogP contribution is 2.30. The maximum Gasteiger partial charge on any atom is 0.133 e. The van der Waals surface area contributed by atoms with Gasteiger partial charge in [-0.3, -0.25) is 4.90 Å². The molecule has 1 saturated heterocycles. The van der Waals surface area contributed by atoms with E-state index in [2.05, 4.69) is 37.9 Å². The standard InChI is InChI=1S/C16H23BrN2O/c1-20-16-5-4-14(10-15(16)17)12-19-8-6-18(7-9-19)11-13-2-3-13/h4-5,10,13H,2-3,6-9,11-12H2,1H3. The van der Waals surface area contributed by atoms with Crippen LogP contribution in [0.1, 0.15) is 18.4 Å². The summed E-state index contributed by atoms with van der Waals surface area (Å²) >= 11 is 3.56. The Morgan fingerprint density at radius 1 is 1.15 bits per heavy atom. The van der Waals surface area contributed by atoms with Crippen LogP contribution in [0.4, 0.5) is 0 Å². The first-order valence-electron chi connectivity index (χ1n) is 7.52. The number of halogens is 1. The molecule has 0 radical (unpaired) electrons. The highest BCUT2D eigenvalue weighted by Gasteiger charge is 2.26. The summed E-state index contributed by atoms with van der Waals surface area (Å²) in [6, 6.07) is 6.39. The molecule has 0 unspecified atom stereocenters. The van der Waals surface area contributed by atoms with Gasteiger partial charge >= 0.3 is 0 Å². The van der Waals surface area contributed by atoms with Gasteiger partial charge in [-0.15, -0.1) is 0 Å². The van der Waals surface area contributed by atoms with Crippen LogP contribution in [0.15, 0.2) is 22.7 Å². The number of ether oxygens (including phenoxy) is 1. The minimum absolute atomic E-state index is 0.906. The molecular formula is C16H23BrN2O.